The van der Waals surface area contributed by atoms with Crippen LogP contribution in [0, 0.1) is 6.92 Å². The van der Waals surface area contributed by atoms with Crippen molar-refractivity contribution in [3.05, 3.63) is 35.7 Å². The molecule has 0 fully saturated rings. The number of nitrogens with one attached hydrogen (secondary N) is 2. The molecular formula is C16H21N5O3. The van der Waals surface area contributed by atoms with E-state index in [9.17, 15) is 9.59 Å². The van der Waals surface area contributed by atoms with E-state index in [0.29, 0.717) is 22.8 Å². The van der Waals surface area contributed by atoms with Gasteiger partial charge in [0.25, 0.3) is 5.91 Å². The number of hydrogen-bond acceptors (Lipinski definition) is 4. The minimum atomic E-state index is -0.466. The SMILES string of the molecule is COc1cccc(NC(=O)Nc2c(C(=O)N(C)C)nn(C)c2C)c1. The Bertz CT molecular complexity index is 767. The Morgan fingerprint density at radius 3 is 2.58 bits per heavy atom. The number of amides is 3. The average molecular weight is 331 g/mol. The Morgan fingerprint density at radius 2 is 1.96 bits per heavy atom. The van der Waals surface area contributed by atoms with Crippen molar-refractivity contribution in [2.24, 2.45) is 7.05 Å². The van der Waals surface area contributed by atoms with Crippen LogP contribution >= 0.6 is 0 Å². The summed E-state index contributed by atoms with van der Waals surface area (Å²) in [5.41, 5.74) is 1.84. The lowest BCUT2D eigenvalue weighted by molar-refractivity contribution is 0.0822. The van der Waals surface area contributed by atoms with Gasteiger partial charge in [-0.2, -0.15) is 5.10 Å². The first-order chi connectivity index (χ1) is 11.3. The Hall–Kier alpha value is -3.03. The van der Waals surface area contributed by atoms with Crippen LogP contribution in [0.1, 0.15) is 16.2 Å². The fourth-order valence-electron chi connectivity index (χ4n) is 2.10. The fraction of sp³-hybridized carbons (Fsp3) is 0.312. The Balaban J connectivity index is 2.21. The second kappa shape index (κ2) is 7.03. The molecule has 1 aromatic carbocycles. The number of urea groups is 1. The van der Waals surface area contributed by atoms with Gasteiger partial charge >= 0.3 is 6.03 Å². The highest BCUT2D eigenvalue weighted by atomic mass is 16.5. The molecule has 2 aromatic rings. The molecule has 1 heterocycles. The van der Waals surface area contributed by atoms with Gasteiger partial charge in [0.05, 0.1) is 18.5 Å². The largest absolute Gasteiger partial charge is 0.497 e. The topological polar surface area (TPSA) is 88.5 Å². The zero-order valence-electron chi connectivity index (χ0n) is 14.4. The van der Waals surface area contributed by atoms with Crippen molar-refractivity contribution in [3.63, 3.8) is 0 Å². The molecule has 3 amide bonds. The zero-order valence-corrected chi connectivity index (χ0v) is 14.4. The first-order valence-electron chi connectivity index (χ1n) is 7.30. The second-order valence-electron chi connectivity index (χ2n) is 5.44. The molecule has 0 atom stereocenters. The quantitative estimate of drug-likeness (QED) is 0.898. The van der Waals surface area contributed by atoms with Gasteiger partial charge in [0.1, 0.15) is 5.75 Å². The number of rotatable bonds is 4. The van der Waals surface area contributed by atoms with E-state index in [-0.39, 0.29) is 11.6 Å². The molecule has 0 radical (unpaired) electrons. The highest BCUT2D eigenvalue weighted by Crippen LogP contribution is 2.22. The van der Waals surface area contributed by atoms with Gasteiger partial charge in [-0.25, -0.2) is 4.79 Å². The van der Waals surface area contributed by atoms with E-state index in [1.54, 1.807) is 64.1 Å². The summed E-state index contributed by atoms with van der Waals surface area (Å²) in [6.45, 7) is 1.78. The number of anilines is 2. The van der Waals surface area contributed by atoms with Gasteiger partial charge < -0.3 is 20.3 Å². The molecule has 8 heteroatoms. The van der Waals surface area contributed by atoms with Crippen molar-refractivity contribution in [1.82, 2.24) is 14.7 Å². The molecule has 0 saturated heterocycles. The summed E-state index contributed by atoms with van der Waals surface area (Å²) in [6.07, 6.45) is 0. The van der Waals surface area contributed by atoms with E-state index in [4.69, 9.17) is 4.74 Å². The average Bonchev–Trinajstić information content (AvgIpc) is 2.82. The molecule has 0 aliphatic carbocycles. The van der Waals surface area contributed by atoms with Gasteiger partial charge in [0.2, 0.25) is 0 Å². The molecule has 0 saturated carbocycles. The van der Waals surface area contributed by atoms with E-state index in [1.807, 2.05) is 0 Å². The van der Waals surface area contributed by atoms with E-state index >= 15 is 0 Å². The van der Waals surface area contributed by atoms with Crippen LogP contribution in [0.25, 0.3) is 0 Å². The number of ether oxygens (including phenoxy) is 1. The van der Waals surface area contributed by atoms with Crippen molar-refractivity contribution >= 4 is 23.3 Å². The fourth-order valence-corrected chi connectivity index (χ4v) is 2.10. The van der Waals surface area contributed by atoms with E-state index in [2.05, 4.69) is 15.7 Å². The molecule has 8 nitrogen and oxygen atoms in total. The molecule has 128 valence electrons. The minimum absolute atomic E-state index is 0.195. The van der Waals surface area contributed by atoms with Gasteiger partial charge in [-0.3, -0.25) is 9.48 Å². The summed E-state index contributed by atoms with van der Waals surface area (Å²) in [7, 11) is 6.53. The number of carbonyl (C=O) groups excluding carboxylic acids is 2. The predicted octanol–water partition coefficient (Wildman–Crippen LogP) is 2.08. The van der Waals surface area contributed by atoms with Gasteiger partial charge in [0, 0.05) is 32.9 Å². The lowest BCUT2D eigenvalue weighted by atomic mass is 10.2. The molecule has 0 aliphatic heterocycles. The number of aryl methyl sites for hydroxylation is 1. The maximum Gasteiger partial charge on any atom is 0.323 e. The molecule has 2 N–H and O–H groups in total. The lowest BCUT2D eigenvalue weighted by Gasteiger charge is -2.12. The normalized spacial score (nSPS) is 10.2. The molecule has 1 aromatic heterocycles. The van der Waals surface area contributed by atoms with Gasteiger partial charge in [-0.1, -0.05) is 6.07 Å². The maximum absolute atomic E-state index is 12.3. The van der Waals surface area contributed by atoms with Crippen LogP contribution in [-0.4, -0.2) is 47.8 Å². The first kappa shape index (κ1) is 17.3. The number of methoxy groups -OCH3 is 1. The van der Waals surface area contributed by atoms with Crippen LogP contribution in [0.15, 0.2) is 24.3 Å². The summed E-state index contributed by atoms with van der Waals surface area (Å²) >= 11 is 0. The molecular weight excluding hydrogens is 310 g/mol. The van der Waals surface area contributed by atoms with E-state index < -0.39 is 6.03 Å². The second-order valence-corrected chi connectivity index (χ2v) is 5.44. The number of benzene rings is 1. The zero-order chi connectivity index (χ0) is 17.9. The summed E-state index contributed by atoms with van der Waals surface area (Å²) in [5.74, 6) is 0.351. The van der Waals surface area contributed by atoms with E-state index in [1.165, 1.54) is 4.90 Å². The van der Waals surface area contributed by atoms with Crippen LogP contribution in [0.5, 0.6) is 5.75 Å². The molecule has 24 heavy (non-hydrogen) atoms. The van der Waals surface area contributed by atoms with Crippen molar-refractivity contribution in [3.8, 4) is 5.75 Å². The maximum atomic E-state index is 12.3. The molecule has 0 bridgehead atoms. The van der Waals surface area contributed by atoms with Crippen LogP contribution in [-0.2, 0) is 7.05 Å². The summed E-state index contributed by atoms with van der Waals surface area (Å²) in [6, 6.07) is 6.52. The number of nitrogens with zero attached hydrogens (tertiary/aromatic N) is 3. The number of hydrogen-bond donors (Lipinski definition) is 2. The Labute approximate surface area is 140 Å². The van der Waals surface area contributed by atoms with Crippen LogP contribution in [0.2, 0.25) is 0 Å². The molecule has 0 spiro atoms. The van der Waals surface area contributed by atoms with Crippen molar-refractivity contribution in [2.45, 2.75) is 6.92 Å². The highest BCUT2D eigenvalue weighted by Gasteiger charge is 2.22. The lowest BCUT2D eigenvalue weighted by Crippen LogP contribution is -2.25. The van der Waals surface area contributed by atoms with Crippen molar-refractivity contribution < 1.29 is 14.3 Å². The Morgan fingerprint density at radius 1 is 1.25 bits per heavy atom. The monoisotopic (exact) mass is 331 g/mol. The first-order valence-corrected chi connectivity index (χ1v) is 7.30. The number of aromatic nitrogens is 2. The van der Waals surface area contributed by atoms with E-state index in [0.717, 1.165) is 0 Å². The third kappa shape index (κ3) is 3.65. The van der Waals surface area contributed by atoms with Gasteiger partial charge in [-0.15, -0.1) is 0 Å². The number of carbonyl (C=O) groups is 2. The minimum Gasteiger partial charge on any atom is -0.497 e. The van der Waals surface area contributed by atoms with Crippen LogP contribution < -0.4 is 15.4 Å². The van der Waals surface area contributed by atoms with Crippen molar-refractivity contribution in [2.75, 3.05) is 31.8 Å². The molecule has 0 aliphatic rings. The third-order valence-corrected chi connectivity index (χ3v) is 3.51. The summed E-state index contributed by atoms with van der Waals surface area (Å²) < 4.78 is 6.67. The van der Waals surface area contributed by atoms with Crippen molar-refractivity contribution in [1.29, 1.82) is 0 Å². The summed E-state index contributed by atoms with van der Waals surface area (Å²) in [4.78, 5) is 25.9. The van der Waals surface area contributed by atoms with Gasteiger partial charge in [0.15, 0.2) is 5.69 Å². The standard InChI is InChI=1S/C16H21N5O3/c1-10-13(14(19-21(10)4)15(22)20(2)3)18-16(23)17-11-7-6-8-12(9-11)24-5/h6-9H,1-5H3,(H2,17,18,23). The van der Waals surface area contributed by atoms with Gasteiger partial charge in [-0.05, 0) is 19.1 Å². The molecule has 0 unspecified atom stereocenters. The smallest absolute Gasteiger partial charge is 0.323 e. The Kier molecular flexibility index (Phi) is 5.08. The predicted molar refractivity (Wildman–Crippen MR) is 91.6 cm³/mol. The highest BCUT2D eigenvalue weighted by molar-refractivity contribution is 6.06. The third-order valence-electron chi connectivity index (χ3n) is 3.51. The van der Waals surface area contributed by atoms with Crippen LogP contribution in [0.4, 0.5) is 16.2 Å². The molecule has 2 rings (SSSR count). The van der Waals surface area contributed by atoms with Crippen LogP contribution in [0.3, 0.4) is 0 Å². The summed E-state index contributed by atoms with van der Waals surface area (Å²) in [5, 5.41) is 9.59.